The van der Waals surface area contributed by atoms with Crippen LogP contribution in [0.15, 0.2) is 46.0 Å². The predicted octanol–water partition coefficient (Wildman–Crippen LogP) is 1.31. The van der Waals surface area contributed by atoms with Crippen LogP contribution in [0.2, 0.25) is 0 Å². The maximum absolute atomic E-state index is 12.8. The third kappa shape index (κ3) is 4.83. The third-order valence-electron chi connectivity index (χ3n) is 4.68. The quantitative estimate of drug-likeness (QED) is 0.498. The van der Waals surface area contributed by atoms with E-state index in [1.807, 2.05) is 0 Å². The van der Waals surface area contributed by atoms with Gasteiger partial charge >= 0.3 is 0 Å². The zero-order chi connectivity index (χ0) is 21.7. The summed E-state index contributed by atoms with van der Waals surface area (Å²) in [5, 5.41) is 17.3. The fraction of sp³-hybridized carbons (Fsp3) is 0.333. The highest BCUT2D eigenvalue weighted by atomic mass is 32.2. The highest BCUT2D eigenvalue weighted by molar-refractivity contribution is 7.89. The van der Waals surface area contributed by atoms with E-state index in [9.17, 15) is 28.1 Å². The van der Waals surface area contributed by atoms with Gasteiger partial charge in [-0.2, -0.15) is 15.6 Å². The minimum absolute atomic E-state index is 0.0430. The fourth-order valence-electron chi connectivity index (χ4n) is 3.08. The summed E-state index contributed by atoms with van der Waals surface area (Å²) in [7, 11) is -4.04. The number of sulfonamides is 1. The van der Waals surface area contributed by atoms with Crippen LogP contribution in [0.5, 0.6) is 0 Å². The van der Waals surface area contributed by atoms with Crippen molar-refractivity contribution in [2.45, 2.75) is 11.3 Å². The number of para-hydroxylation sites is 1. The zero-order valence-corrected chi connectivity index (χ0v) is 17.5. The summed E-state index contributed by atoms with van der Waals surface area (Å²) in [5.74, 6) is -0.437. The normalized spacial score (nSPS) is 15.0. The van der Waals surface area contributed by atoms with E-state index in [1.165, 1.54) is 34.4 Å². The van der Waals surface area contributed by atoms with Gasteiger partial charge in [0.25, 0.3) is 11.6 Å². The number of nitro groups is 1. The van der Waals surface area contributed by atoms with Crippen LogP contribution in [-0.4, -0.2) is 67.1 Å². The number of amides is 2. The van der Waals surface area contributed by atoms with Crippen molar-refractivity contribution in [2.24, 2.45) is 0 Å². The van der Waals surface area contributed by atoms with Gasteiger partial charge in [0.1, 0.15) is 0 Å². The Morgan fingerprint density at radius 3 is 2.47 bits per heavy atom. The second kappa shape index (κ2) is 9.32. The highest BCUT2D eigenvalue weighted by Gasteiger charge is 2.34. The number of hydrogen-bond donors (Lipinski definition) is 1. The molecule has 1 aliphatic rings. The minimum atomic E-state index is -4.04. The molecule has 2 heterocycles. The Labute approximate surface area is 177 Å². The van der Waals surface area contributed by atoms with Gasteiger partial charge in [0.2, 0.25) is 15.9 Å². The summed E-state index contributed by atoms with van der Waals surface area (Å²) in [6.45, 7) is 0.624. The molecule has 2 amide bonds. The number of piperazine rings is 1. The molecule has 0 atom stereocenters. The van der Waals surface area contributed by atoms with E-state index in [0.29, 0.717) is 5.56 Å². The summed E-state index contributed by atoms with van der Waals surface area (Å²) >= 11 is 1.41. The molecule has 1 aromatic carbocycles. The van der Waals surface area contributed by atoms with Crippen LogP contribution < -0.4 is 5.32 Å². The van der Waals surface area contributed by atoms with Crippen LogP contribution in [0, 0.1) is 10.1 Å². The highest BCUT2D eigenvalue weighted by Crippen LogP contribution is 2.26. The van der Waals surface area contributed by atoms with Gasteiger partial charge in [-0.15, -0.1) is 0 Å². The van der Waals surface area contributed by atoms with E-state index >= 15 is 0 Å². The SMILES string of the molecule is O=C(NCCC(=O)N1CCN(S(=O)(=O)c2ccccc2[N+](=O)[O-])CC1)c1ccsc1. The summed E-state index contributed by atoms with van der Waals surface area (Å²) in [6, 6.07) is 6.89. The van der Waals surface area contributed by atoms with E-state index in [0.717, 1.165) is 10.4 Å². The molecule has 1 aromatic heterocycles. The van der Waals surface area contributed by atoms with Gasteiger partial charge in [0.15, 0.2) is 4.90 Å². The number of thiophene rings is 1. The van der Waals surface area contributed by atoms with Crippen molar-refractivity contribution in [1.29, 1.82) is 0 Å². The van der Waals surface area contributed by atoms with Gasteiger partial charge in [-0.05, 0) is 17.5 Å². The lowest BCUT2D eigenvalue weighted by Crippen LogP contribution is -2.50. The number of carbonyl (C=O) groups is 2. The molecule has 1 saturated heterocycles. The topological polar surface area (TPSA) is 130 Å². The number of hydrogen-bond acceptors (Lipinski definition) is 7. The van der Waals surface area contributed by atoms with Crippen LogP contribution in [0.25, 0.3) is 0 Å². The van der Waals surface area contributed by atoms with Crippen molar-refractivity contribution in [2.75, 3.05) is 32.7 Å². The smallest absolute Gasteiger partial charge is 0.289 e. The van der Waals surface area contributed by atoms with Crippen LogP contribution >= 0.6 is 11.3 Å². The molecule has 0 spiro atoms. The molecule has 0 aliphatic carbocycles. The van der Waals surface area contributed by atoms with Gasteiger partial charge in [-0.3, -0.25) is 19.7 Å². The molecule has 12 heteroatoms. The predicted molar refractivity (Wildman–Crippen MR) is 110 cm³/mol. The van der Waals surface area contributed by atoms with Crippen molar-refractivity contribution in [3.8, 4) is 0 Å². The Morgan fingerprint density at radius 2 is 1.83 bits per heavy atom. The lowest BCUT2D eigenvalue weighted by molar-refractivity contribution is -0.387. The fourth-order valence-corrected chi connectivity index (χ4v) is 5.30. The number of nitrogens with zero attached hydrogens (tertiary/aromatic N) is 3. The first kappa shape index (κ1) is 21.9. The van der Waals surface area contributed by atoms with Crippen molar-refractivity contribution >= 4 is 38.9 Å². The number of rotatable bonds is 7. The molecular weight excluding hydrogens is 432 g/mol. The molecule has 1 N–H and O–H groups in total. The maximum atomic E-state index is 12.8. The average molecular weight is 453 g/mol. The molecule has 0 bridgehead atoms. The standard InChI is InChI=1S/C18H20N4O6S2/c23-17(5-7-19-18(24)14-6-12-29-13-14)20-8-10-21(11-9-20)30(27,28)16-4-2-1-3-15(16)22(25)26/h1-4,6,12-13H,5,7-11H2,(H,19,24). The summed E-state index contributed by atoms with van der Waals surface area (Å²) in [4.78, 5) is 35.8. The number of nitrogens with one attached hydrogen (secondary N) is 1. The third-order valence-corrected chi connectivity index (χ3v) is 7.31. The second-order valence-electron chi connectivity index (χ2n) is 6.53. The Kier molecular flexibility index (Phi) is 6.80. The van der Waals surface area contributed by atoms with Gasteiger partial charge in [0.05, 0.1) is 4.92 Å². The van der Waals surface area contributed by atoms with Crippen molar-refractivity contribution in [1.82, 2.24) is 14.5 Å². The van der Waals surface area contributed by atoms with Crippen molar-refractivity contribution in [3.05, 3.63) is 56.8 Å². The van der Waals surface area contributed by atoms with Crippen LogP contribution in [-0.2, 0) is 14.8 Å². The largest absolute Gasteiger partial charge is 0.351 e. The lowest BCUT2D eigenvalue weighted by Gasteiger charge is -2.34. The number of nitro benzene ring substituents is 1. The molecule has 160 valence electrons. The average Bonchev–Trinajstić information content (AvgIpc) is 3.28. The molecule has 10 nitrogen and oxygen atoms in total. The van der Waals surface area contributed by atoms with E-state index in [4.69, 9.17) is 0 Å². The van der Waals surface area contributed by atoms with Crippen LogP contribution in [0.3, 0.4) is 0 Å². The summed E-state index contributed by atoms with van der Waals surface area (Å²) < 4.78 is 26.8. The molecule has 1 fully saturated rings. The van der Waals surface area contributed by atoms with Gasteiger partial charge in [-0.25, -0.2) is 8.42 Å². The molecule has 3 rings (SSSR count). The van der Waals surface area contributed by atoms with Crippen molar-refractivity contribution < 1.29 is 22.9 Å². The monoisotopic (exact) mass is 452 g/mol. The first-order chi connectivity index (χ1) is 14.3. The van der Waals surface area contributed by atoms with Crippen LogP contribution in [0.4, 0.5) is 5.69 Å². The molecule has 0 unspecified atom stereocenters. The Balaban J connectivity index is 1.53. The zero-order valence-electron chi connectivity index (χ0n) is 15.9. The molecule has 0 radical (unpaired) electrons. The Hall–Kier alpha value is -2.83. The maximum Gasteiger partial charge on any atom is 0.289 e. The lowest BCUT2D eigenvalue weighted by atomic mass is 10.3. The van der Waals surface area contributed by atoms with Gasteiger partial charge in [-0.1, -0.05) is 12.1 Å². The molecular formula is C18H20N4O6S2. The number of carbonyl (C=O) groups excluding carboxylic acids is 2. The van der Waals surface area contributed by atoms with E-state index in [-0.39, 0.29) is 55.9 Å². The van der Waals surface area contributed by atoms with Gasteiger partial charge in [0, 0.05) is 56.2 Å². The Bertz CT molecular complexity index is 1030. The molecule has 30 heavy (non-hydrogen) atoms. The molecule has 0 saturated carbocycles. The van der Waals surface area contributed by atoms with Gasteiger partial charge < -0.3 is 10.2 Å². The first-order valence-electron chi connectivity index (χ1n) is 9.12. The minimum Gasteiger partial charge on any atom is -0.351 e. The van der Waals surface area contributed by atoms with E-state index in [2.05, 4.69) is 5.32 Å². The molecule has 1 aliphatic heterocycles. The van der Waals surface area contributed by atoms with E-state index in [1.54, 1.807) is 16.8 Å². The first-order valence-corrected chi connectivity index (χ1v) is 11.5. The second-order valence-corrected chi connectivity index (χ2v) is 9.21. The van der Waals surface area contributed by atoms with E-state index < -0.39 is 20.6 Å². The summed E-state index contributed by atoms with van der Waals surface area (Å²) in [6.07, 6.45) is 0.104. The van der Waals surface area contributed by atoms with Crippen LogP contribution in [0.1, 0.15) is 16.8 Å². The molecule has 2 aromatic rings. The summed E-state index contributed by atoms with van der Waals surface area (Å²) in [5.41, 5.74) is 0.0682. The Morgan fingerprint density at radius 1 is 1.13 bits per heavy atom. The number of benzene rings is 1. The van der Waals surface area contributed by atoms with Crippen molar-refractivity contribution in [3.63, 3.8) is 0 Å².